The number of carbonyl (C=O) groups is 1. The molecule has 4 nitrogen and oxygen atoms in total. The molecule has 1 saturated heterocycles. The average molecular weight is 324 g/mol. The summed E-state index contributed by atoms with van der Waals surface area (Å²) in [4.78, 5) is 15.4. The van der Waals surface area contributed by atoms with E-state index in [9.17, 15) is 4.79 Å². The summed E-state index contributed by atoms with van der Waals surface area (Å²) < 4.78 is 1.16. The maximum Gasteiger partial charge on any atom is 0.314 e. The Kier molecular flexibility index (Phi) is 4.33. The van der Waals surface area contributed by atoms with Gasteiger partial charge in [-0.3, -0.25) is 4.90 Å². The van der Waals surface area contributed by atoms with Crippen molar-refractivity contribution in [2.75, 3.05) is 26.2 Å². The molecule has 0 radical (unpaired) electrons. The summed E-state index contributed by atoms with van der Waals surface area (Å²) in [5.41, 5.74) is 6.67. The van der Waals surface area contributed by atoms with Crippen LogP contribution in [0.2, 0.25) is 5.02 Å². The van der Waals surface area contributed by atoms with E-state index in [0.29, 0.717) is 6.54 Å². The highest BCUT2D eigenvalue weighted by Crippen LogP contribution is 2.32. The van der Waals surface area contributed by atoms with Crippen LogP contribution in [0.4, 0.5) is 4.79 Å². The van der Waals surface area contributed by atoms with Crippen LogP contribution in [0.5, 0.6) is 0 Å². The maximum absolute atomic E-state index is 11.3. The molecule has 21 heavy (non-hydrogen) atoms. The van der Waals surface area contributed by atoms with Gasteiger partial charge in [0, 0.05) is 32.7 Å². The molecule has 6 heteroatoms. The highest BCUT2D eigenvalue weighted by Gasteiger charge is 2.18. The number of carbonyl (C=O) groups excluding carboxylic acids is 1. The molecule has 2 aromatic rings. The van der Waals surface area contributed by atoms with E-state index in [4.69, 9.17) is 17.3 Å². The van der Waals surface area contributed by atoms with Crippen LogP contribution in [0.3, 0.4) is 0 Å². The lowest BCUT2D eigenvalue weighted by Gasteiger charge is -2.20. The van der Waals surface area contributed by atoms with Gasteiger partial charge in [-0.2, -0.15) is 0 Å². The van der Waals surface area contributed by atoms with Crippen molar-refractivity contribution in [3.63, 3.8) is 0 Å². The molecular weight excluding hydrogens is 306 g/mol. The number of amides is 2. The zero-order valence-corrected chi connectivity index (χ0v) is 13.3. The van der Waals surface area contributed by atoms with Gasteiger partial charge in [0.1, 0.15) is 0 Å². The molecular formula is C15H18ClN3OS. The monoisotopic (exact) mass is 323 g/mol. The second-order valence-electron chi connectivity index (χ2n) is 5.33. The molecule has 1 fully saturated rings. The van der Waals surface area contributed by atoms with Gasteiger partial charge in [0.25, 0.3) is 0 Å². The van der Waals surface area contributed by atoms with Crippen molar-refractivity contribution in [2.45, 2.75) is 13.0 Å². The first-order valence-corrected chi connectivity index (χ1v) is 8.32. The second-order valence-corrected chi connectivity index (χ2v) is 6.62. The molecule has 3 rings (SSSR count). The highest BCUT2D eigenvalue weighted by molar-refractivity contribution is 7.18. The van der Waals surface area contributed by atoms with E-state index >= 15 is 0 Å². The number of urea groups is 1. The number of benzene rings is 1. The van der Waals surface area contributed by atoms with E-state index in [1.54, 1.807) is 16.2 Å². The van der Waals surface area contributed by atoms with Gasteiger partial charge in [-0.1, -0.05) is 23.7 Å². The van der Waals surface area contributed by atoms with Gasteiger partial charge in [0.05, 0.1) is 9.72 Å². The third kappa shape index (κ3) is 3.15. The van der Waals surface area contributed by atoms with Gasteiger partial charge in [-0.25, -0.2) is 4.79 Å². The van der Waals surface area contributed by atoms with Crippen molar-refractivity contribution in [1.29, 1.82) is 0 Å². The Balaban J connectivity index is 1.73. The fourth-order valence-corrected chi connectivity index (χ4v) is 4.06. The van der Waals surface area contributed by atoms with Crippen molar-refractivity contribution in [1.82, 2.24) is 9.80 Å². The van der Waals surface area contributed by atoms with Gasteiger partial charge >= 0.3 is 6.03 Å². The molecule has 1 aliphatic heterocycles. The zero-order valence-electron chi connectivity index (χ0n) is 11.7. The van der Waals surface area contributed by atoms with Crippen LogP contribution >= 0.6 is 22.9 Å². The minimum atomic E-state index is -0.315. The number of primary amides is 1. The standard InChI is InChI=1S/C15H18ClN3OS/c16-13-4-1-3-12-11(10-21-14(12)13)9-18-5-2-6-19(8-7-18)15(17)20/h1,3-4,10H,2,5-9H2,(H2,17,20). The number of halogens is 1. The first kappa shape index (κ1) is 14.6. The average Bonchev–Trinajstić information content (AvgIpc) is 2.71. The topological polar surface area (TPSA) is 49.6 Å². The predicted molar refractivity (Wildman–Crippen MR) is 87.9 cm³/mol. The quantitative estimate of drug-likeness (QED) is 0.923. The van der Waals surface area contributed by atoms with Crippen molar-refractivity contribution < 1.29 is 4.79 Å². The van der Waals surface area contributed by atoms with Gasteiger partial charge in [0.2, 0.25) is 0 Å². The molecule has 0 spiro atoms. The fraction of sp³-hybridized carbons (Fsp3) is 0.400. The van der Waals surface area contributed by atoms with E-state index in [0.717, 1.165) is 42.3 Å². The maximum atomic E-state index is 11.3. The van der Waals surface area contributed by atoms with Crippen LogP contribution in [0.25, 0.3) is 10.1 Å². The van der Waals surface area contributed by atoms with Crippen molar-refractivity contribution in [2.24, 2.45) is 5.73 Å². The number of nitrogens with zero attached hydrogens (tertiary/aromatic N) is 2. The Morgan fingerprint density at radius 2 is 2.14 bits per heavy atom. The van der Waals surface area contributed by atoms with Crippen molar-refractivity contribution in [3.8, 4) is 0 Å². The molecule has 112 valence electrons. The normalized spacial score (nSPS) is 17.1. The number of hydrogen-bond donors (Lipinski definition) is 1. The third-order valence-electron chi connectivity index (χ3n) is 3.93. The molecule has 0 bridgehead atoms. The molecule has 2 heterocycles. The number of hydrogen-bond acceptors (Lipinski definition) is 3. The second kappa shape index (κ2) is 6.22. The molecule has 0 unspecified atom stereocenters. The summed E-state index contributed by atoms with van der Waals surface area (Å²) in [6.07, 6.45) is 0.964. The molecule has 2 N–H and O–H groups in total. The third-order valence-corrected chi connectivity index (χ3v) is 5.43. The molecule has 0 saturated carbocycles. The molecule has 2 amide bonds. The van der Waals surface area contributed by atoms with Crippen LogP contribution in [0.15, 0.2) is 23.6 Å². The zero-order chi connectivity index (χ0) is 14.8. The van der Waals surface area contributed by atoms with Crippen molar-refractivity contribution in [3.05, 3.63) is 34.2 Å². The summed E-state index contributed by atoms with van der Waals surface area (Å²) >= 11 is 7.93. The Morgan fingerprint density at radius 1 is 1.29 bits per heavy atom. The van der Waals surface area contributed by atoms with Crippen LogP contribution in [0, 0.1) is 0 Å². The van der Waals surface area contributed by atoms with E-state index in [2.05, 4.69) is 16.3 Å². The minimum absolute atomic E-state index is 0.315. The summed E-state index contributed by atoms with van der Waals surface area (Å²) in [7, 11) is 0. The van der Waals surface area contributed by atoms with Gasteiger partial charge < -0.3 is 10.6 Å². The lowest BCUT2D eigenvalue weighted by atomic mass is 10.1. The first-order chi connectivity index (χ1) is 10.1. The Hall–Kier alpha value is -1.30. The van der Waals surface area contributed by atoms with Crippen LogP contribution in [0.1, 0.15) is 12.0 Å². The molecule has 1 aromatic carbocycles. The lowest BCUT2D eigenvalue weighted by Crippen LogP contribution is -2.38. The van der Waals surface area contributed by atoms with E-state index in [1.165, 1.54) is 10.9 Å². The van der Waals surface area contributed by atoms with Gasteiger partial charge in [-0.15, -0.1) is 11.3 Å². The Bertz CT molecular complexity index is 657. The number of fused-ring (bicyclic) bond motifs is 1. The highest BCUT2D eigenvalue weighted by atomic mass is 35.5. The Labute approximate surface area is 133 Å². The summed E-state index contributed by atoms with van der Waals surface area (Å²) in [5.74, 6) is 0. The van der Waals surface area contributed by atoms with Gasteiger partial charge in [-0.05, 0) is 28.8 Å². The van der Waals surface area contributed by atoms with Gasteiger partial charge in [0.15, 0.2) is 0 Å². The van der Waals surface area contributed by atoms with E-state index in [1.807, 2.05) is 12.1 Å². The van der Waals surface area contributed by atoms with Crippen LogP contribution < -0.4 is 5.73 Å². The largest absolute Gasteiger partial charge is 0.351 e. The Morgan fingerprint density at radius 3 is 2.95 bits per heavy atom. The van der Waals surface area contributed by atoms with E-state index < -0.39 is 0 Å². The lowest BCUT2D eigenvalue weighted by molar-refractivity contribution is 0.207. The first-order valence-electron chi connectivity index (χ1n) is 7.06. The smallest absolute Gasteiger partial charge is 0.314 e. The number of rotatable bonds is 2. The SMILES string of the molecule is NC(=O)N1CCCN(Cc2csc3c(Cl)cccc23)CC1. The number of thiophene rings is 1. The number of nitrogens with two attached hydrogens (primary N) is 1. The molecule has 0 aliphatic carbocycles. The van der Waals surface area contributed by atoms with Crippen LogP contribution in [-0.4, -0.2) is 42.0 Å². The minimum Gasteiger partial charge on any atom is -0.351 e. The summed E-state index contributed by atoms with van der Waals surface area (Å²) in [5, 5.41) is 4.25. The van der Waals surface area contributed by atoms with Crippen LogP contribution in [-0.2, 0) is 6.54 Å². The molecule has 0 atom stereocenters. The fourth-order valence-electron chi connectivity index (χ4n) is 2.79. The van der Waals surface area contributed by atoms with Crippen molar-refractivity contribution >= 4 is 39.1 Å². The molecule has 1 aromatic heterocycles. The summed E-state index contributed by atoms with van der Waals surface area (Å²) in [6.45, 7) is 4.20. The molecule has 1 aliphatic rings. The predicted octanol–water partition coefficient (Wildman–Crippen LogP) is 3.14. The summed E-state index contributed by atoms with van der Waals surface area (Å²) in [6, 6.07) is 5.74. The van der Waals surface area contributed by atoms with E-state index in [-0.39, 0.29) is 6.03 Å².